The molecule has 1 aromatic carbocycles. The average Bonchev–Trinajstić information content (AvgIpc) is 2.78. The zero-order valence-electron chi connectivity index (χ0n) is 9.07. The molecule has 0 aliphatic carbocycles. The van der Waals surface area contributed by atoms with E-state index in [2.05, 4.69) is 15.5 Å². The molecule has 0 bridgehead atoms. The molecule has 2 rings (SSSR count). The number of nitriles is 1. The molecule has 0 aliphatic rings. The van der Waals surface area contributed by atoms with Crippen molar-refractivity contribution in [3.8, 4) is 6.07 Å². The summed E-state index contributed by atoms with van der Waals surface area (Å²) in [6.07, 6.45) is 0. The number of aromatic nitrogens is 2. The number of anilines is 2. The second kappa shape index (κ2) is 4.55. The van der Waals surface area contributed by atoms with Crippen molar-refractivity contribution in [2.45, 2.75) is 0 Å². The van der Waals surface area contributed by atoms with Gasteiger partial charge >= 0.3 is 0 Å². The molecular formula is C11H8FN5O. The van der Waals surface area contributed by atoms with Crippen molar-refractivity contribution in [1.29, 1.82) is 5.26 Å². The summed E-state index contributed by atoms with van der Waals surface area (Å²) in [6, 6.07) is 6.88. The first-order chi connectivity index (χ1) is 8.60. The van der Waals surface area contributed by atoms with Crippen LogP contribution in [0.1, 0.15) is 16.1 Å². The lowest BCUT2D eigenvalue weighted by molar-refractivity contribution is 0.102. The van der Waals surface area contributed by atoms with Crippen molar-refractivity contribution in [2.24, 2.45) is 0 Å². The fourth-order valence-electron chi connectivity index (χ4n) is 1.33. The number of nitrogens with zero attached hydrogens (tertiary/aromatic N) is 2. The maximum atomic E-state index is 13.5. The molecule has 1 aromatic heterocycles. The first kappa shape index (κ1) is 11.6. The van der Waals surface area contributed by atoms with Crippen molar-refractivity contribution in [3.05, 3.63) is 41.3 Å². The number of amides is 1. The van der Waals surface area contributed by atoms with Crippen LogP contribution in [0.3, 0.4) is 0 Å². The first-order valence-corrected chi connectivity index (χ1v) is 4.92. The minimum absolute atomic E-state index is 0.0211. The third-order valence-corrected chi connectivity index (χ3v) is 2.19. The number of nitrogens with two attached hydrogens (primary N) is 1. The number of nitrogen functional groups attached to an aromatic ring is 1. The minimum Gasteiger partial charge on any atom is -0.382 e. The fraction of sp³-hybridized carbons (Fsp3) is 0. The first-order valence-electron chi connectivity index (χ1n) is 4.92. The number of benzene rings is 1. The third kappa shape index (κ3) is 2.27. The highest BCUT2D eigenvalue weighted by Crippen LogP contribution is 2.16. The molecule has 0 saturated carbocycles. The zero-order valence-corrected chi connectivity index (χ0v) is 9.07. The highest BCUT2D eigenvalue weighted by molar-refractivity contribution is 6.03. The molecular weight excluding hydrogens is 237 g/mol. The number of aromatic amines is 1. The molecule has 0 fully saturated rings. The normalized spacial score (nSPS) is 9.78. The second-order valence-electron chi connectivity index (χ2n) is 3.47. The topological polar surface area (TPSA) is 108 Å². The molecule has 0 radical (unpaired) electrons. The van der Waals surface area contributed by atoms with Gasteiger partial charge in [0, 0.05) is 6.07 Å². The number of hydrogen-bond acceptors (Lipinski definition) is 4. The molecule has 0 aliphatic heterocycles. The number of rotatable bonds is 2. The molecule has 0 unspecified atom stereocenters. The summed E-state index contributed by atoms with van der Waals surface area (Å²) in [7, 11) is 0. The largest absolute Gasteiger partial charge is 0.382 e. The fourth-order valence-corrected chi connectivity index (χ4v) is 1.33. The lowest BCUT2D eigenvalue weighted by Gasteiger charge is -2.04. The molecule has 6 nitrogen and oxygen atoms in total. The predicted molar refractivity (Wildman–Crippen MR) is 62.1 cm³/mol. The molecule has 0 saturated heterocycles. The van der Waals surface area contributed by atoms with E-state index in [9.17, 15) is 9.18 Å². The van der Waals surface area contributed by atoms with Crippen molar-refractivity contribution in [2.75, 3.05) is 11.1 Å². The molecule has 1 heterocycles. The highest BCUT2D eigenvalue weighted by Gasteiger charge is 2.11. The summed E-state index contributed by atoms with van der Waals surface area (Å²) >= 11 is 0. The number of hydrogen-bond donors (Lipinski definition) is 3. The van der Waals surface area contributed by atoms with Crippen LogP contribution in [-0.2, 0) is 0 Å². The molecule has 18 heavy (non-hydrogen) atoms. The third-order valence-electron chi connectivity index (χ3n) is 2.19. The van der Waals surface area contributed by atoms with Gasteiger partial charge in [0.1, 0.15) is 17.3 Å². The van der Waals surface area contributed by atoms with Gasteiger partial charge in [0.2, 0.25) is 0 Å². The Hall–Kier alpha value is -2.88. The Bertz CT molecular complexity index is 643. The van der Waals surface area contributed by atoms with E-state index in [4.69, 9.17) is 11.0 Å². The summed E-state index contributed by atoms with van der Waals surface area (Å²) in [5.74, 6) is -1.09. The van der Waals surface area contributed by atoms with Gasteiger partial charge in [-0.15, -0.1) is 0 Å². The van der Waals surface area contributed by atoms with Crippen LogP contribution >= 0.6 is 0 Å². The molecule has 2 aromatic rings. The summed E-state index contributed by atoms with van der Waals surface area (Å²) in [5, 5.41) is 16.9. The Labute approximate surface area is 101 Å². The van der Waals surface area contributed by atoms with Gasteiger partial charge in [-0.3, -0.25) is 9.89 Å². The van der Waals surface area contributed by atoms with Gasteiger partial charge in [-0.05, 0) is 18.2 Å². The van der Waals surface area contributed by atoms with E-state index < -0.39 is 11.7 Å². The second-order valence-corrected chi connectivity index (χ2v) is 3.47. The van der Waals surface area contributed by atoms with Crippen LogP contribution in [-0.4, -0.2) is 16.1 Å². The van der Waals surface area contributed by atoms with E-state index in [0.29, 0.717) is 0 Å². The number of halogens is 1. The predicted octanol–water partition coefficient (Wildman–Crippen LogP) is 1.25. The van der Waals surface area contributed by atoms with Gasteiger partial charge in [0.05, 0.1) is 17.3 Å². The maximum absolute atomic E-state index is 13.5. The van der Waals surface area contributed by atoms with Crippen LogP contribution in [0.5, 0.6) is 0 Å². The number of carbonyl (C=O) groups excluding carboxylic acids is 1. The van der Waals surface area contributed by atoms with Crippen LogP contribution in [0.25, 0.3) is 0 Å². The smallest absolute Gasteiger partial charge is 0.273 e. The van der Waals surface area contributed by atoms with Gasteiger partial charge in [-0.25, -0.2) is 4.39 Å². The SMILES string of the molecule is N#Cc1ccc(NC(=O)c2cc(N)n[nH]2)c(F)c1. The highest BCUT2D eigenvalue weighted by atomic mass is 19.1. The van der Waals surface area contributed by atoms with Crippen LogP contribution in [0.15, 0.2) is 24.3 Å². The van der Waals surface area contributed by atoms with E-state index >= 15 is 0 Å². The summed E-state index contributed by atoms with van der Waals surface area (Å²) in [4.78, 5) is 11.7. The van der Waals surface area contributed by atoms with Crippen molar-refractivity contribution >= 4 is 17.4 Å². The van der Waals surface area contributed by atoms with Crippen molar-refractivity contribution in [1.82, 2.24) is 10.2 Å². The Balaban J connectivity index is 2.20. The van der Waals surface area contributed by atoms with Crippen molar-refractivity contribution < 1.29 is 9.18 Å². The van der Waals surface area contributed by atoms with Gasteiger partial charge in [0.15, 0.2) is 0 Å². The zero-order chi connectivity index (χ0) is 13.1. The molecule has 0 spiro atoms. The minimum atomic E-state index is -0.685. The average molecular weight is 245 g/mol. The maximum Gasteiger partial charge on any atom is 0.273 e. The molecule has 1 amide bonds. The van der Waals surface area contributed by atoms with Crippen LogP contribution in [0, 0.1) is 17.1 Å². The molecule has 90 valence electrons. The van der Waals surface area contributed by atoms with Gasteiger partial charge in [-0.2, -0.15) is 10.4 Å². The Morgan fingerprint density at radius 1 is 1.50 bits per heavy atom. The Kier molecular flexibility index (Phi) is 2.93. The van der Waals surface area contributed by atoms with Crippen LogP contribution in [0.2, 0.25) is 0 Å². The molecule has 0 atom stereocenters. The van der Waals surface area contributed by atoms with Crippen molar-refractivity contribution in [3.63, 3.8) is 0 Å². The molecule has 7 heteroatoms. The van der Waals surface area contributed by atoms with Crippen LogP contribution < -0.4 is 11.1 Å². The number of carbonyl (C=O) groups is 1. The van der Waals surface area contributed by atoms with Gasteiger partial charge in [-0.1, -0.05) is 0 Å². The lowest BCUT2D eigenvalue weighted by atomic mass is 10.2. The van der Waals surface area contributed by atoms with Crippen LogP contribution in [0.4, 0.5) is 15.9 Å². The number of H-pyrrole nitrogens is 1. The summed E-state index contributed by atoms with van der Waals surface area (Å²) in [5.41, 5.74) is 5.62. The van der Waals surface area contributed by atoms with Gasteiger partial charge < -0.3 is 11.1 Å². The number of nitrogens with one attached hydrogen (secondary N) is 2. The molecule has 4 N–H and O–H groups in total. The quantitative estimate of drug-likeness (QED) is 0.739. The van der Waals surface area contributed by atoms with E-state index in [1.807, 2.05) is 0 Å². The lowest BCUT2D eigenvalue weighted by Crippen LogP contribution is -2.13. The van der Waals surface area contributed by atoms with E-state index in [0.717, 1.165) is 6.07 Å². The summed E-state index contributed by atoms with van der Waals surface area (Å²) in [6.45, 7) is 0. The standard InChI is InChI=1S/C11H8FN5O/c12-7-3-6(5-13)1-2-8(7)15-11(18)9-4-10(14)17-16-9/h1-4H,(H,15,18)(H3,14,16,17). The Morgan fingerprint density at radius 2 is 2.28 bits per heavy atom. The summed E-state index contributed by atoms with van der Waals surface area (Å²) < 4.78 is 13.5. The van der Waals surface area contributed by atoms with E-state index in [1.165, 1.54) is 18.2 Å². The van der Waals surface area contributed by atoms with E-state index in [1.54, 1.807) is 6.07 Å². The monoisotopic (exact) mass is 245 g/mol. The van der Waals surface area contributed by atoms with Gasteiger partial charge in [0.25, 0.3) is 5.91 Å². The Morgan fingerprint density at radius 3 is 2.83 bits per heavy atom. The van der Waals surface area contributed by atoms with E-state index in [-0.39, 0.29) is 22.8 Å².